The van der Waals surface area contributed by atoms with Crippen LogP contribution in [0.1, 0.15) is 18.5 Å². The Morgan fingerprint density at radius 1 is 1.33 bits per heavy atom. The van der Waals surface area contributed by atoms with Crippen LogP contribution in [0.2, 0.25) is 0 Å². The van der Waals surface area contributed by atoms with Gasteiger partial charge in [-0.2, -0.15) is 5.10 Å². The van der Waals surface area contributed by atoms with E-state index in [2.05, 4.69) is 11.2 Å². The lowest BCUT2D eigenvalue weighted by Gasteiger charge is -2.21. The minimum absolute atomic E-state index is 0.101. The summed E-state index contributed by atoms with van der Waals surface area (Å²) in [4.78, 5) is 14.3. The van der Waals surface area contributed by atoms with Crippen molar-refractivity contribution in [2.75, 3.05) is 11.4 Å². The van der Waals surface area contributed by atoms with E-state index in [1.54, 1.807) is 10.9 Å². The second kappa shape index (κ2) is 4.29. The molecule has 1 aliphatic rings. The molecular weight excluding hydrogens is 226 g/mol. The van der Waals surface area contributed by atoms with E-state index in [1.165, 1.54) is 5.56 Å². The average molecular weight is 241 g/mol. The Labute approximate surface area is 106 Å². The van der Waals surface area contributed by atoms with E-state index >= 15 is 0 Å². The Morgan fingerprint density at radius 2 is 2.17 bits per heavy atom. The number of nitrogens with zero attached hydrogens (tertiary/aromatic N) is 3. The van der Waals surface area contributed by atoms with E-state index in [9.17, 15) is 4.79 Å². The lowest BCUT2D eigenvalue weighted by atomic mass is 10.2. The molecule has 2 heterocycles. The molecule has 0 fully saturated rings. The first-order chi connectivity index (χ1) is 8.77. The Bertz CT molecular complexity index is 562. The summed E-state index contributed by atoms with van der Waals surface area (Å²) in [6, 6.07) is 9.66. The largest absolute Gasteiger partial charge is 0.310 e. The van der Waals surface area contributed by atoms with Crippen LogP contribution >= 0.6 is 0 Å². The molecule has 3 rings (SSSR count). The van der Waals surface area contributed by atoms with Gasteiger partial charge in [-0.15, -0.1) is 0 Å². The lowest BCUT2D eigenvalue weighted by molar-refractivity contribution is -0.121. The highest BCUT2D eigenvalue weighted by Crippen LogP contribution is 2.29. The molecule has 2 aromatic rings. The maximum atomic E-state index is 12.5. The third-order valence-electron chi connectivity index (χ3n) is 3.43. The quantitative estimate of drug-likeness (QED) is 0.807. The average Bonchev–Trinajstić information content (AvgIpc) is 3.06. The molecule has 1 aromatic carbocycles. The zero-order chi connectivity index (χ0) is 12.5. The third kappa shape index (κ3) is 1.70. The van der Waals surface area contributed by atoms with Gasteiger partial charge < -0.3 is 4.90 Å². The summed E-state index contributed by atoms with van der Waals surface area (Å²) in [5, 5.41) is 4.13. The Kier molecular flexibility index (Phi) is 2.63. The van der Waals surface area contributed by atoms with E-state index < -0.39 is 0 Å². The first-order valence-corrected chi connectivity index (χ1v) is 6.16. The molecule has 0 N–H and O–H groups in total. The standard InChI is InChI=1S/C14H15N3O/c1-11(17-9-4-8-15-17)14(18)16-10-7-12-5-2-3-6-13(12)16/h2-6,8-9,11H,7,10H2,1H3. The van der Waals surface area contributed by atoms with E-state index in [0.29, 0.717) is 0 Å². The second-order valence-electron chi connectivity index (χ2n) is 4.53. The number of aromatic nitrogens is 2. The van der Waals surface area contributed by atoms with Gasteiger partial charge in [-0.05, 0) is 31.0 Å². The van der Waals surface area contributed by atoms with Crippen molar-refractivity contribution < 1.29 is 4.79 Å². The molecule has 92 valence electrons. The molecule has 1 aromatic heterocycles. The number of carbonyl (C=O) groups excluding carboxylic acids is 1. The number of hydrogen-bond donors (Lipinski definition) is 0. The highest BCUT2D eigenvalue weighted by Gasteiger charge is 2.28. The van der Waals surface area contributed by atoms with Gasteiger partial charge in [0.2, 0.25) is 0 Å². The molecule has 0 aliphatic carbocycles. The first-order valence-electron chi connectivity index (χ1n) is 6.16. The van der Waals surface area contributed by atoms with Gasteiger partial charge in [0.15, 0.2) is 0 Å². The fourth-order valence-corrected chi connectivity index (χ4v) is 2.42. The predicted octanol–water partition coefficient (Wildman–Crippen LogP) is 2.03. The maximum Gasteiger partial charge on any atom is 0.251 e. The van der Waals surface area contributed by atoms with Crippen molar-refractivity contribution in [1.82, 2.24) is 9.78 Å². The zero-order valence-corrected chi connectivity index (χ0v) is 10.3. The fourth-order valence-electron chi connectivity index (χ4n) is 2.42. The van der Waals surface area contributed by atoms with Gasteiger partial charge >= 0.3 is 0 Å². The molecule has 0 spiro atoms. The Hall–Kier alpha value is -2.10. The number of para-hydroxylation sites is 1. The van der Waals surface area contributed by atoms with Crippen molar-refractivity contribution in [2.45, 2.75) is 19.4 Å². The number of hydrogen-bond acceptors (Lipinski definition) is 2. The highest BCUT2D eigenvalue weighted by molar-refractivity contribution is 5.97. The number of anilines is 1. The van der Waals surface area contributed by atoms with Crippen LogP contribution in [0.15, 0.2) is 42.7 Å². The van der Waals surface area contributed by atoms with Crippen LogP contribution in [-0.4, -0.2) is 22.2 Å². The van der Waals surface area contributed by atoms with E-state index in [1.807, 2.05) is 42.3 Å². The molecule has 1 amide bonds. The van der Waals surface area contributed by atoms with E-state index in [0.717, 1.165) is 18.7 Å². The van der Waals surface area contributed by atoms with Crippen molar-refractivity contribution in [3.05, 3.63) is 48.3 Å². The number of amides is 1. The summed E-state index contributed by atoms with van der Waals surface area (Å²) >= 11 is 0. The van der Waals surface area contributed by atoms with E-state index in [-0.39, 0.29) is 11.9 Å². The number of fused-ring (bicyclic) bond motifs is 1. The molecule has 1 unspecified atom stereocenters. The third-order valence-corrected chi connectivity index (χ3v) is 3.43. The predicted molar refractivity (Wildman–Crippen MR) is 69.4 cm³/mol. The van der Waals surface area contributed by atoms with E-state index in [4.69, 9.17) is 0 Å². The van der Waals surface area contributed by atoms with Crippen LogP contribution in [0, 0.1) is 0 Å². The molecule has 0 saturated carbocycles. The summed E-state index contributed by atoms with van der Waals surface area (Å²) in [6.45, 7) is 2.65. The van der Waals surface area contributed by atoms with Crippen molar-refractivity contribution in [3.8, 4) is 0 Å². The van der Waals surface area contributed by atoms with Crippen LogP contribution in [0.4, 0.5) is 5.69 Å². The van der Waals surface area contributed by atoms with Gasteiger partial charge in [-0.1, -0.05) is 18.2 Å². The molecule has 0 bridgehead atoms. The minimum Gasteiger partial charge on any atom is -0.310 e. The Balaban J connectivity index is 1.87. The van der Waals surface area contributed by atoms with Crippen LogP contribution in [0.25, 0.3) is 0 Å². The SMILES string of the molecule is CC(C(=O)N1CCc2ccccc21)n1cccn1. The summed E-state index contributed by atoms with van der Waals surface area (Å²) in [6.07, 6.45) is 4.46. The van der Waals surface area contributed by atoms with Crippen molar-refractivity contribution in [3.63, 3.8) is 0 Å². The molecule has 4 nitrogen and oxygen atoms in total. The number of benzene rings is 1. The van der Waals surface area contributed by atoms with Gasteiger partial charge in [0.1, 0.15) is 6.04 Å². The molecule has 18 heavy (non-hydrogen) atoms. The minimum atomic E-state index is -0.258. The topological polar surface area (TPSA) is 38.1 Å². The lowest BCUT2D eigenvalue weighted by Crippen LogP contribution is -2.35. The Morgan fingerprint density at radius 3 is 2.94 bits per heavy atom. The smallest absolute Gasteiger partial charge is 0.251 e. The fraction of sp³-hybridized carbons (Fsp3) is 0.286. The van der Waals surface area contributed by atoms with Gasteiger partial charge in [-0.3, -0.25) is 9.48 Å². The van der Waals surface area contributed by atoms with Crippen molar-refractivity contribution in [1.29, 1.82) is 0 Å². The van der Waals surface area contributed by atoms with Crippen LogP contribution in [0.5, 0.6) is 0 Å². The second-order valence-corrected chi connectivity index (χ2v) is 4.53. The number of rotatable bonds is 2. The first kappa shape index (κ1) is 11.0. The molecular formula is C14H15N3O. The van der Waals surface area contributed by atoms with Crippen LogP contribution in [0.3, 0.4) is 0 Å². The molecule has 1 atom stereocenters. The summed E-state index contributed by atoms with van der Waals surface area (Å²) < 4.78 is 1.70. The normalized spacial score (nSPS) is 15.5. The van der Waals surface area contributed by atoms with Crippen LogP contribution in [-0.2, 0) is 11.2 Å². The molecule has 4 heteroatoms. The maximum absolute atomic E-state index is 12.5. The van der Waals surface area contributed by atoms with Crippen molar-refractivity contribution in [2.24, 2.45) is 0 Å². The summed E-state index contributed by atoms with van der Waals surface area (Å²) in [7, 11) is 0. The molecule has 0 radical (unpaired) electrons. The van der Waals surface area contributed by atoms with Gasteiger partial charge in [-0.25, -0.2) is 0 Å². The van der Waals surface area contributed by atoms with Crippen molar-refractivity contribution >= 4 is 11.6 Å². The number of carbonyl (C=O) groups is 1. The van der Waals surface area contributed by atoms with Gasteiger partial charge in [0.25, 0.3) is 5.91 Å². The van der Waals surface area contributed by atoms with Gasteiger partial charge in [0.05, 0.1) is 0 Å². The zero-order valence-electron chi connectivity index (χ0n) is 10.3. The summed E-state index contributed by atoms with van der Waals surface area (Å²) in [5.41, 5.74) is 2.29. The van der Waals surface area contributed by atoms with Crippen LogP contribution < -0.4 is 4.90 Å². The monoisotopic (exact) mass is 241 g/mol. The highest BCUT2D eigenvalue weighted by atomic mass is 16.2. The van der Waals surface area contributed by atoms with Gasteiger partial charge in [0, 0.05) is 24.6 Å². The molecule has 0 saturated heterocycles. The molecule has 1 aliphatic heterocycles. The summed E-state index contributed by atoms with van der Waals surface area (Å²) in [5.74, 6) is 0.101.